The number of rotatable bonds is 2. The maximum atomic E-state index is 11.8. The maximum Gasteiger partial charge on any atom is 0.244 e. The number of anilines is 3. The van der Waals surface area contributed by atoms with Gasteiger partial charge in [0, 0.05) is 11.8 Å². The first-order valence-electron chi connectivity index (χ1n) is 6.49. The van der Waals surface area contributed by atoms with Gasteiger partial charge >= 0.3 is 0 Å². The van der Waals surface area contributed by atoms with Gasteiger partial charge in [-0.25, -0.2) is 0 Å². The highest BCUT2D eigenvalue weighted by atomic mass is 16.5. The molecule has 102 valence electrons. The van der Waals surface area contributed by atoms with Crippen LogP contribution in [0.3, 0.4) is 0 Å². The SMILES string of the molecule is COc1ccc2c(c1)N(c1ccc(C)cc1)CC(=O)N2. The number of hydrogen-bond acceptors (Lipinski definition) is 3. The Bertz CT molecular complexity index is 650. The van der Waals surface area contributed by atoms with Crippen molar-refractivity contribution in [1.29, 1.82) is 0 Å². The van der Waals surface area contributed by atoms with Gasteiger partial charge in [-0.05, 0) is 31.2 Å². The molecule has 0 aliphatic carbocycles. The summed E-state index contributed by atoms with van der Waals surface area (Å²) in [5, 5.41) is 2.89. The Kier molecular flexibility index (Phi) is 3.06. The largest absolute Gasteiger partial charge is 0.497 e. The molecule has 1 aliphatic heterocycles. The minimum absolute atomic E-state index is 0.0109. The number of fused-ring (bicyclic) bond motifs is 1. The van der Waals surface area contributed by atoms with Gasteiger partial charge < -0.3 is 15.0 Å². The summed E-state index contributed by atoms with van der Waals surface area (Å²) in [4.78, 5) is 13.8. The number of nitrogens with zero attached hydrogens (tertiary/aromatic N) is 1. The summed E-state index contributed by atoms with van der Waals surface area (Å²) < 4.78 is 5.27. The fourth-order valence-electron chi connectivity index (χ4n) is 2.34. The van der Waals surface area contributed by atoms with Crippen LogP contribution >= 0.6 is 0 Å². The van der Waals surface area contributed by atoms with E-state index < -0.39 is 0 Å². The summed E-state index contributed by atoms with van der Waals surface area (Å²) in [5.74, 6) is 0.764. The predicted octanol–water partition coefficient (Wildman–Crippen LogP) is 3.09. The molecule has 0 saturated carbocycles. The third-order valence-corrected chi connectivity index (χ3v) is 3.42. The van der Waals surface area contributed by atoms with Gasteiger partial charge in [0.05, 0.1) is 18.5 Å². The van der Waals surface area contributed by atoms with E-state index in [1.54, 1.807) is 7.11 Å². The molecule has 0 bridgehead atoms. The highest BCUT2D eigenvalue weighted by Crippen LogP contribution is 2.37. The average Bonchev–Trinajstić information content (AvgIpc) is 2.47. The van der Waals surface area contributed by atoms with Crippen molar-refractivity contribution in [2.24, 2.45) is 0 Å². The molecule has 2 aromatic carbocycles. The lowest BCUT2D eigenvalue weighted by Crippen LogP contribution is -2.35. The Balaban J connectivity index is 2.08. The summed E-state index contributed by atoms with van der Waals surface area (Å²) in [7, 11) is 1.64. The Morgan fingerprint density at radius 3 is 2.60 bits per heavy atom. The van der Waals surface area contributed by atoms with Crippen LogP contribution < -0.4 is 15.0 Å². The summed E-state index contributed by atoms with van der Waals surface area (Å²) in [6.07, 6.45) is 0. The Morgan fingerprint density at radius 1 is 1.15 bits per heavy atom. The molecule has 1 N–H and O–H groups in total. The molecule has 0 unspecified atom stereocenters. The van der Waals surface area contributed by atoms with Crippen molar-refractivity contribution in [1.82, 2.24) is 0 Å². The van der Waals surface area contributed by atoms with Crippen molar-refractivity contribution in [2.45, 2.75) is 6.92 Å². The molecular formula is C16H16N2O2. The molecule has 4 heteroatoms. The standard InChI is InChI=1S/C16H16N2O2/c1-11-3-5-12(6-4-11)18-10-16(19)17-14-8-7-13(20-2)9-15(14)18/h3-9H,10H2,1-2H3,(H,17,19). The van der Waals surface area contributed by atoms with Gasteiger partial charge in [0.1, 0.15) is 12.3 Å². The molecule has 1 amide bonds. The van der Waals surface area contributed by atoms with Crippen LogP contribution in [0.2, 0.25) is 0 Å². The number of ether oxygens (including phenoxy) is 1. The fourth-order valence-corrected chi connectivity index (χ4v) is 2.34. The monoisotopic (exact) mass is 268 g/mol. The highest BCUT2D eigenvalue weighted by molar-refractivity contribution is 6.03. The number of benzene rings is 2. The molecule has 0 fully saturated rings. The lowest BCUT2D eigenvalue weighted by Gasteiger charge is -2.31. The average molecular weight is 268 g/mol. The summed E-state index contributed by atoms with van der Waals surface area (Å²) >= 11 is 0. The third kappa shape index (κ3) is 2.20. The van der Waals surface area contributed by atoms with Crippen LogP contribution in [-0.2, 0) is 4.79 Å². The van der Waals surface area contributed by atoms with E-state index in [9.17, 15) is 4.79 Å². The van der Waals surface area contributed by atoms with Crippen molar-refractivity contribution in [3.63, 3.8) is 0 Å². The molecule has 0 radical (unpaired) electrons. The maximum absolute atomic E-state index is 11.8. The van der Waals surface area contributed by atoms with Crippen molar-refractivity contribution < 1.29 is 9.53 Å². The van der Waals surface area contributed by atoms with E-state index in [4.69, 9.17) is 4.74 Å². The van der Waals surface area contributed by atoms with Gasteiger partial charge in [-0.2, -0.15) is 0 Å². The van der Waals surface area contributed by atoms with Crippen LogP contribution in [0.15, 0.2) is 42.5 Å². The molecule has 20 heavy (non-hydrogen) atoms. The fraction of sp³-hybridized carbons (Fsp3) is 0.188. The van der Waals surface area contributed by atoms with Crippen LogP contribution in [-0.4, -0.2) is 19.6 Å². The zero-order chi connectivity index (χ0) is 14.1. The lowest BCUT2D eigenvalue weighted by molar-refractivity contribution is -0.115. The van der Waals surface area contributed by atoms with Gasteiger partial charge in [-0.15, -0.1) is 0 Å². The second-order valence-electron chi connectivity index (χ2n) is 4.85. The van der Waals surface area contributed by atoms with E-state index >= 15 is 0 Å². The van der Waals surface area contributed by atoms with E-state index in [-0.39, 0.29) is 5.91 Å². The van der Waals surface area contributed by atoms with Crippen LogP contribution in [0, 0.1) is 6.92 Å². The molecule has 0 spiro atoms. The molecule has 0 aromatic heterocycles. The normalized spacial score (nSPS) is 13.7. The zero-order valence-electron chi connectivity index (χ0n) is 11.5. The van der Waals surface area contributed by atoms with E-state index in [0.29, 0.717) is 6.54 Å². The van der Waals surface area contributed by atoms with Crippen molar-refractivity contribution >= 4 is 23.0 Å². The highest BCUT2D eigenvalue weighted by Gasteiger charge is 2.23. The van der Waals surface area contributed by atoms with Crippen LogP contribution in [0.4, 0.5) is 17.1 Å². The van der Waals surface area contributed by atoms with Gasteiger partial charge in [0.15, 0.2) is 0 Å². The summed E-state index contributed by atoms with van der Waals surface area (Å²) in [6, 6.07) is 13.8. The zero-order valence-corrected chi connectivity index (χ0v) is 11.5. The first-order valence-corrected chi connectivity index (χ1v) is 6.49. The summed E-state index contributed by atoms with van der Waals surface area (Å²) in [5.41, 5.74) is 3.96. The Morgan fingerprint density at radius 2 is 1.90 bits per heavy atom. The topological polar surface area (TPSA) is 41.6 Å². The van der Waals surface area contributed by atoms with E-state index in [0.717, 1.165) is 22.8 Å². The first-order chi connectivity index (χ1) is 9.67. The Hall–Kier alpha value is -2.49. The van der Waals surface area contributed by atoms with Crippen molar-refractivity contribution in [2.75, 3.05) is 23.9 Å². The van der Waals surface area contributed by atoms with Crippen molar-refractivity contribution in [3.05, 3.63) is 48.0 Å². The number of carbonyl (C=O) groups is 1. The number of aryl methyl sites for hydroxylation is 1. The number of methoxy groups -OCH3 is 1. The third-order valence-electron chi connectivity index (χ3n) is 3.42. The van der Waals surface area contributed by atoms with Gasteiger partial charge in [-0.1, -0.05) is 17.7 Å². The van der Waals surface area contributed by atoms with Crippen molar-refractivity contribution in [3.8, 4) is 5.75 Å². The summed E-state index contributed by atoms with van der Waals surface area (Å²) in [6.45, 7) is 2.35. The molecule has 1 heterocycles. The number of nitrogens with one attached hydrogen (secondary N) is 1. The number of carbonyl (C=O) groups excluding carboxylic acids is 1. The molecule has 0 atom stereocenters. The minimum Gasteiger partial charge on any atom is -0.497 e. The molecule has 4 nitrogen and oxygen atoms in total. The second-order valence-corrected chi connectivity index (χ2v) is 4.85. The molecule has 1 aliphatic rings. The lowest BCUT2D eigenvalue weighted by atomic mass is 10.1. The van der Waals surface area contributed by atoms with Gasteiger partial charge in [0.2, 0.25) is 5.91 Å². The molecule has 0 saturated heterocycles. The van der Waals surface area contributed by atoms with Crippen LogP contribution in [0.1, 0.15) is 5.56 Å². The molecule has 2 aromatic rings. The van der Waals surface area contributed by atoms with Crippen LogP contribution in [0.5, 0.6) is 5.75 Å². The Labute approximate surface area is 118 Å². The van der Waals surface area contributed by atoms with E-state index in [1.807, 2.05) is 54.3 Å². The predicted molar refractivity (Wildman–Crippen MR) is 79.8 cm³/mol. The van der Waals surface area contributed by atoms with Crippen LogP contribution in [0.25, 0.3) is 0 Å². The first kappa shape index (κ1) is 12.5. The number of amides is 1. The van der Waals surface area contributed by atoms with Gasteiger partial charge in [0.25, 0.3) is 0 Å². The van der Waals surface area contributed by atoms with E-state index in [2.05, 4.69) is 5.32 Å². The smallest absolute Gasteiger partial charge is 0.244 e. The second kappa shape index (κ2) is 4.89. The number of hydrogen-bond donors (Lipinski definition) is 1. The van der Waals surface area contributed by atoms with Gasteiger partial charge in [-0.3, -0.25) is 4.79 Å². The molecule has 3 rings (SSSR count). The van der Waals surface area contributed by atoms with E-state index in [1.165, 1.54) is 5.56 Å². The minimum atomic E-state index is -0.0109. The molecular weight excluding hydrogens is 252 g/mol. The quantitative estimate of drug-likeness (QED) is 0.910.